The van der Waals surface area contributed by atoms with Gasteiger partial charge in [-0.15, -0.1) is 5.10 Å². The molecule has 0 saturated carbocycles. The Kier molecular flexibility index (Phi) is 5.25. The minimum absolute atomic E-state index is 0.0565. The predicted molar refractivity (Wildman–Crippen MR) is 113 cm³/mol. The largest absolute Gasteiger partial charge is 0.321 e. The van der Waals surface area contributed by atoms with Crippen molar-refractivity contribution in [3.8, 4) is 0 Å². The lowest BCUT2D eigenvalue weighted by Gasteiger charge is -2.10. The Labute approximate surface area is 177 Å². The summed E-state index contributed by atoms with van der Waals surface area (Å²) in [6.45, 7) is 4.21. The average molecular weight is 429 g/mol. The third kappa shape index (κ3) is 3.83. The quantitative estimate of drug-likeness (QED) is 0.515. The van der Waals surface area contributed by atoms with E-state index in [0.717, 1.165) is 22.3 Å². The van der Waals surface area contributed by atoms with Gasteiger partial charge in [-0.2, -0.15) is 5.10 Å². The Morgan fingerprint density at radius 1 is 1.03 bits per heavy atom. The average Bonchev–Trinajstić information content (AvgIpc) is 3.21. The molecule has 0 radical (unpaired) electrons. The molecule has 1 amide bonds. The third-order valence-electron chi connectivity index (χ3n) is 4.73. The van der Waals surface area contributed by atoms with Gasteiger partial charge in [-0.25, -0.2) is 4.68 Å². The highest BCUT2D eigenvalue weighted by molar-refractivity contribution is 6.35. The standard InChI is InChI=1S/C20H18Cl2N6O/c1-12-20(13(2)27(25-12)10-14-15(21)6-5-7-16(14)22)23-19(29)11-28-18-9-4-3-8-17(18)24-26-28/h3-9H,10-11H2,1-2H3,(H,23,29). The summed E-state index contributed by atoms with van der Waals surface area (Å²) >= 11 is 12.6. The van der Waals surface area contributed by atoms with E-state index in [1.807, 2.05) is 38.1 Å². The minimum Gasteiger partial charge on any atom is -0.321 e. The smallest absolute Gasteiger partial charge is 0.246 e. The lowest BCUT2D eigenvalue weighted by atomic mass is 10.2. The van der Waals surface area contributed by atoms with Crippen LogP contribution in [-0.2, 0) is 17.9 Å². The second-order valence-corrected chi connectivity index (χ2v) is 7.50. The number of halogens is 2. The van der Waals surface area contributed by atoms with Crippen molar-refractivity contribution in [3.63, 3.8) is 0 Å². The fraction of sp³-hybridized carbons (Fsp3) is 0.200. The number of rotatable bonds is 5. The molecule has 0 aliphatic heterocycles. The van der Waals surface area contributed by atoms with Crippen LogP contribution in [0.25, 0.3) is 11.0 Å². The Hall–Kier alpha value is -2.90. The van der Waals surface area contributed by atoms with E-state index in [4.69, 9.17) is 23.2 Å². The maximum Gasteiger partial charge on any atom is 0.246 e. The van der Waals surface area contributed by atoms with Crippen LogP contribution >= 0.6 is 23.2 Å². The molecular formula is C20H18Cl2N6O. The number of anilines is 1. The second-order valence-electron chi connectivity index (χ2n) is 6.69. The van der Waals surface area contributed by atoms with Gasteiger partial charge < -0.3 is 5.32 Å². The summed E-state index contributed by atoms with van der Waals surface area (Å²) in [5.74, 6) is -0.206. The Morgan fingerprint density at radius 2 is 1.76 bits per heavy atom. The van der Waals surface area contributed by atoms with E-state index < -0.39 is 0 Å². The van der Waals surface area contributed by atoms with Crippen molar-refractivity contribution in [2.75, 3.05) is 5.32 Å². The van der Waals surface area contributed by atoms with Crippen molar-refractivity contribution in [1.82, 2.24) is 24.8 Å². The molecule has 2 aromatic carbocycles. The number of benzene rings is 2. The van der Waals surface area contributed by atoms with E-state index in [2.05, 4.69) is 20.7 Å². The number of nitrogens with one attached hydrogen (secondary N) is 1. The molecular weight excluding hydrogens is 411 g/mol. The summed E-state index contributed by atoms with van der Waals surface area (Å²) in [6, 6.07) is 12.9. The molecule has 2 aromatic heterocycles. The fourth-order valence-corrected chi connectivity index (χ4v) is 3.73. The van der Waals surface area contributed by atoms with Crippen molar-refractivity contribution in [1.29, 1.82) is 0 Å². The molecule has 0 bridgehead atoms. The molecule has 0 saturated heterocycles. The van der Waals surface area contributed by atoms with Gasteiger partial charge in [0.1, 0.15) is 12.1 Å². The van der Waals surface area contributed by atoms with Crippen LogP contribution in [0.3, 0.4) is 0 Å². The monoisotopic (exact) mass is 428 g/mol. The molecule has 0 spiro atoms. The maximum absolute atomic E-state index is 12.6. The lowest BCUT2D eigenvalue weighted by molar-refractivity contribution is -0.116. The van der Waals surface area contributed by atoms with Gasteiger partial charge in [-0.1, -0.05) is 46.6 Å². The van der Waals surface area contributed by atoms with Crippen molar-refractivity contribution in [3.05, 3.63) is 69.5 Å². The number of hydrogen-bond donors (Lipinski definition) is 1. The molecule has 1 N–H and O–H groups in total. The lowest BCUT2D eigenvalue weighted by Crippen LogP contribution is -2.20. The maximum atomic E-state index is 12.6. The highest BCUT2D eigenvalue weighted by Crippen LogP contribution is 2.27. The number of fused-ring (bicyclic) bond motifs is 1. The van der Waals surface area contributed by atoms with Crippen LogP contribution in [0.1, 0.15) is 17.0 Å². The molecule has 29 heavy (non-hydrogen) atoms. The van der Waals surface area contributed by atoms with Gasteiger partial charge in [-0.05, 0) is 38.1 Å². The minimum atomic E-state index is -0.206. The summed E-state index contributed by atoms with van der Waals surface area (Å²) in [7, 11) is 0. The first-order chi connectivity index (χ1) is 13.9. The highest BCUT2D eigenvalue weighted by atomic mass is 35.5. The second kappa shape index (κ2) is 7.85. The first-order valence-corrected chi connectivity index (χ1v) is 9.74. The summed E-state index contributed by atoms with van der Waals surface area (Å²) < 4.78 is 3.35. The van der Waals surface area contributed by atoms with Crippen molar-refractivity contribution >= 4 is 45.8 Å². The van der Waals surface area contributed by atoms with Gasteiger partial charge in [-0.3, -0.25) is 9.48 Å². The van der Waals surface area contributed by atoms with E-state index in [1.54, 1.807) is 27.6 Å². The number of aryl methyl sites for hydroxylation is 1. The Morgan fingerprint density at radius 3 is 2.52 bits per heavy atom. The molecule has 4 aromatic rings. The SMILES string of the molecule is Cc1nn(Cc2c(Cl)cccc2Cl)c(C)c1NC(=O)Cn1nnc2ccccc21. The molecule has 148 valence electrons. The van der Waals surface area contributed by atoms with Crippen LogP contribution in [-0.4, -0.2) is 30.7 Å². The first-order valence-electron chi connectivity index (χ1n) is 8.99. The van der Waals surface area contributed by atoms with Crippen LogP contribution in [0.4, 0.5) is 5.69 Å². The number of carbonyl (C=O) groups is 1. The van der Waals surface area contributed by atoms with Gasteiger partial charge >= 0.3 is 0 Å². The topological polar surface area (TPSA) is 77.6 Å². The van der Waals surface area contributed by atoms with Gasteiger partial charge in [0.15, 0.2) is 0 Å². The van der Waals surface area contributed by atoms with E-state index in [9.17, 15) is 4.79 Å². The van der Waals surface area contributed by atoms with Gasteiger partial charge in [0.05, 0.1) is 29.1 Å². The van der Waals surface area contributed by atoms with E-state index >= 15 is 0 Å². The van der Waals surface area contributed by atoms with Gasteiger partial charge in [0.2, 0.25) is 5.91 Å². The van der Waals surface area contributed by atoms with Crippen molar-refractivity contribution in [2.45, 2.75) is 26.9 Å². The van der Waals surface area contributed by atoms with Crippen LogP contribution in [0, 0.1) is 13.8 Å². The molecule has 2 heterocycles. The molecule has 4 rings (SSSR count). The third-order valence-corrected chi connectivity index (χ3v) is 5.44. The van der Waals surface area contributed by atoms with Gasteiger partial charge in [0, 0.05) is 15.6 Å². The molecule has 9 heteroatoms. The summed E-state index contributed by atoms with van der Waals surface area (Å²) in [4.78, 5) is 12.6. The highest BCUT2D eigenvalue weighted by Gasteiger charge is 2.17. The zero-order valence-electron chi connectivity index (χ0n) is 15.9. The normalized spacial score (nSPS) is 11.2. The van der Waals surface area contributed by atoms with Crippen molar-refractivity contribution < 1.29 is 4.79 Å². The van der Waals surface area contributed by atoms with E-state index in [-0.39, 0.29) is 12.5 Å². The summed E-state index contributed by atoms with van der Waals surface area (Å²) in [5.41, 5.74) is 4.53. The first kappa shape index (κ1) is 19.4. The summed E-state index contributed by atoms with van der Waals surface area (Å²) in [5, 5.41) is 16.8. The van der Waals surface area contributed by atoms with Crippen molar-refractivity contribution in [2.24, 2.45) is 0 Å². The number of para-hydroxylation sites is 1. The molecule has 0 aliphatic rings. The zero-order valence-corrected chi connectivity index (χ0v) is 17.4. The fourth-order valence-electron chi connectivity index (χ4n) is 3.21. The number of amides is 1. The number of hydrogen-bond acceptors (Lipinski definition) is 4. The molecule has 0 unspecified atom stereocenters. The molecule has 0 fully saturated rings. The molecule has 7 nitrogen and oxygen atoms in total. The number of carbonyl (C=O) groups excluding carboxylic acids is 1. The number of aromatic nitrogens is 5. The Bertz CT molecular complexity index is 1190. The number of nitrogens with zero attached hydrogens (tertiary/aromatic N) is 5. The molecule has 0 aliphatic carbocycles. The van der Waals surface area contributed by atoms with Crippen LogP contribution in [0.2, 0.25) is 10.0 Å². The van der Waals surface area contributed by atoms with E-state index in [1.165, 1.54) is 0 Å². The zero-order chi connectivity index (χ0) is 20.5. The van der Waals surface area contributed by atoms with Crippen LogP contribution < -0.4 is 5.32 Å². The summed E-state index contributed by atoms with van der Waals surface area (Å²) in [6.07, 6.45) is 0. The Balaban J connectivity index is 1.54. The predicted octanol–water partition coefficient (Wildman–Crippen LogP) is 4.24. The van der Waals surface area contributed by atoms with E-state index in [0.29, 0.717) is 28.0 Å². The molecule has 0 atom stereocenters. The van der Waals surface area contributed by atoms with Gasteiger partial charge in [0.25, 0.3) is 0 Å². The van der Waals surface area contributed by atoms with Crippen LogP contribution in [0.5, 0.6) is 0 Å². The van der Waals surface area contributed by atoms with Crippen LogP contribution in [0.15, 0.2) is 42.5 Å².